The lowest BCUT2D eigenvalue weighted by Crippen LogP contribution is -2.28. The van der Waals surface area contributed by atoms with E-state index in [0.717, 1.165) is 0 Å². The van der Waals surface area contributed by atoms with Gasteiger partial charge in [-0.05, 0) is 25.1 Å². The highest BCUT2D eigenvalue weighted by atomic mass is 16.6. The summed E-state index contributed by atoms with van der Waals surface area (Å²) in [5.74, 6) is 0. The largest absolute Gasteiger partial charge is 0.441 e. The van der Waals surface area contributed by atoms with E-state index in [1.165, 1.54) is 11.0 Å². The molecular formula is C16H16N2O4. The van der Waals surface area contributed by atoms with Gasteiger partial charge in [0.1, 0.15) is 6.10 Å². The van der Waals surface area contributed by atoms with E-state index in [4.69, 9.17) is 4.74 Å². The van der Waals surface area contributed by atoms with Crippen molar-refractivity contribution in [1.29, 1.82) is 0 Å². The van der Waals surface area contributed by atoms with E-state index in [1.54, 1.807) is 44.3 Å². The lowest BCUT2D eigenvalue weighted by atomic mass is 10.1. The number of nitrogens with zero attached hydrogens (tertiary/aromatic N) is 2. The number of amides is 1. The molecule has 0 heterocycles. The highest BCUT2D eigenvalue weighted by molar-refractivity contribution is 5.87. The van der Waals surface area contributed by atoms with Crippen LogP contribution in [0, 0.1) is 10.1 Å². The van der Waals surface area contributed by atoms with Crippen LogP contribution < -0.4 is 4.90 Å². The van der Waals surface area contributed by atoms with Crippen molar-refractivity contribution in [3.05, 3.63) is 70.3 Å². The average Bonchev–Trinajstić information content (AvgIpc) is 2.54. The fraction of sp³-hybridized carbons (Fsp3) is 0.188. The van der Waals surface area contributed by atoms with E-state index < -0.39 is 17.1 Å². The summed E-state index contributed by atoms with van der Waals surface area (Å²) in [7, 11) is 1.59. The van der Waals surface area contributed by atoms with E-state index in [9.17, 15) is 14.9 Å². The first-order valence-corrected chi connectivity index (χ1v) is 6.73. The lowest BCUT2D eigenvalue weighted by Gasteiger charge is -2.20. The Bertz CT molecular complexity index is 673. The Morgan fingerprint density at radius 1 is 1.14 bits per heavy atom. The Hall–Kier alpha value is -2.89. The van der Waals surface area contributed by atoms with Crippen LogP contribution in [-0.4, -0.2) is 18.1 Å². The highest BCUT2D eigenvalue weighted by Gasteiger charge is 2.23. The second kappa shape index (κ2) is 6.71. The maximum Gasteiger partial charge on any atom is 0.414 e. The van der Waals surface area contributed by atoms with Gasteiger partial charge in [0, 0.05) is 18.8 Å². The SMILES string of the molecule is CC(OC(=O)N(C)c1ccccc1)c1ccccc1[N+](=O)[O-]. The number of para-hydroxylation sites is 2. The quantitative estimate of drug-likeness (QED) is 0.633. The van der Waals surface area contributed by atoms with Gasteiger partial charge in [-0.3, -0.25) is 15.0 Å². The van der Waals surface area contributed by atoms with Gasteiger partial charge in [-0.1, -0.05) is 30.3 Å². The van der Waals surface area contributed by atoms with Crippen molar-refractivity contribution in [2.24, 2.45) is 0 Å². The summed E-state index contributed by atoms with van der Waals surface area (Å²) in [4.78, 5) is 24.0. The Labute approximate surface area is 128 Å². The van der Waals surface area contributed by atoms with Gasteiger partial charge in [0.05, 0.1) is 10.5 Å². The normalized spacial score (nSPS) is 11.5. The van der Waals surface area contributed by atoms with Crippen LogP contribution in [0.15, 0.2) is 54.6 Å². The third kappa shape index (κ3) is 3.41. The summed E-state index contributed by atoms with van der Waals surface area (Å²) in [6, 6.07) is 15.2. The van der Waals surface area contributed by atoms with Crippen LogP contribution in [0.2, 0.25) is 0 Å². The van der Waals surface area contributed by atoms with Gasteiger partial charge < -0.3 is 4.74 Å². The molecular weight excluding hydrogens is 284 g/mol. The molecule has 0 bridgehead atoms. The Balaban J connectivity index is 2.14. The van der Waals surface area contributed by atoms with E-state index in [-0.39, 0.29) is 5.69 Å². The third-order valence-electron chi connectivity index (χ3n) is 3.27. The zero-order valence-corrected chi connectivity index (χ0v) is 12.3. The number of benzene rings is 2. The predicted octanol–water partition coefficient (Wildman–Crippen LogP) is 3.93. The van der Waals surface area contributed by atoms with Crippen LogP contribution in [0.25, 0.3) is 0 Å². The fourth-order valence-corrected chi connectivity index (χ4v) is 2.05. The molecule has 2 aromatic carbocycles. The molecule has 114 valence electrons. The highest BCUT2D eigenvalue weighted by Crippen LogP contribution is 2.27. The number of carbonyl (C=O) groups is 1. The molecule has 0 spiro atoms. The summed E-state index contributed by atoms with van der Waals surface area (Å²) in [5.41, 5.74) is 0.981. The van der Waals surface area contributed by atoms with E-state index in [1.807, 2.05) is 18.2 Å². The first kappa shape index (κ1) is 15.5. The molecule has 0 saturated carbocycles. The second-order valence-corrected chi connectivity index (χ2v) is 4.74. The van der Waals surface area contributed by atoms with Gasteiger partial charge >= 0.3 is 6.09 Å². The molecule has 22 heavy (non-hydrogen) atoms. The number of nitro groups is 1. The molecule has 1 unspecified atom stereocenters. The van der Waals surface area contributed by atoms with Gasteiger partial charge in [-0.25, -0.2) is 4.79 Å². The van der Waals surface area contributed by atoms with Gasteiger partial charge in [0.15, 0.2) is 0 Å². The number of nitro benzene ring substituents is 1. The number of ether oxygens (including phenoxy) is 1. The molecule has 1 amide bonds. The molecule has 0 aliphatic rings. The standard InChI is InChI=1S/C16H16N2O4/c1-12(14-10-6-7-11-15(14)18(20)21)22-16(19)17(2)13-8-4-3-5-9-13/h3-12H,1-2H3. The van der Waals surface area contributed by atoms with Crippen molar-refractivity contribution in [1.82, 2.24) is 0 Å². The van der Waals surface area contributed by atoms with Crippen LogP contribution >= 0.6 is 0 Å². The number of anilines is 1. The van der Waals surface area contributed by atoms with Gasteiger partial charge in [0.2, 0.25) is 0 Å². The van der Waals surface area contributed by atoms with Crippen LogP contribution in [0.3, 0.4) is 0 Å². The summed E-state index contributed by atoms with van der Waals surface area (Å²) >= 11 is 0. The Morgan fingerprint density at radius 2 is 1.73 bits per heavy atom. The zero-order chi connectivity index (χ0) is 16.1. The first-order valence-electron chi connectivity index (χ1n) is 6.73. The molecule has 0 fully saturated rings. The van der Waals surface area contributed by atoms with Crippen molar-refractivity contribution >= 4 is 17.5 Å². The maximum absolute atomic E-state index is 12.1. The summed E-state index contributed by atoms with van der Waals surface area (Å²) in [6.45, 7) is 1.61. The number of hydrogen-bond acceptors (Lipinski definition) is 4. The summed E-state index contributed by atoms with van der Waals surface area (Å²) in [6.07, 6.45) is -1.29. The summed E-state index contributed by atoms with van der Waals surface area (Å²) in [5, 5.41) is 11.0. The van der Waals surface area contributed by atoms with Crippen molar-refractivity contribution in [3.63, 3.8) is 0 Å². The number of carbonyl (C=O) groups excluding carboxylic acids is 1. The Kier molecular flexibility index (Phi) is 4.73. The molecule has 0 aromatic heterocycles. The lowest BCUT2D eigenvalue weighted by molar-refractivity contribution is -0.386. The Morgan fingerprint density at radius 3 is 2.36 bits per heavy atom. The predicted molar refractivity (Wildman–Crippen MR) is 82.8 cm³/mol. The van der Waals surface area contributed by atoms with Crippen LogP contribution in [0.4, 0.5) is 16.2 Å². The zero-order valence-electron chi connectivity index (χ0n) is 12.3. The molecule has 6 heteroatoms. The average molecular weight is 300 g/mol. The molecule has 0 aliphatic heterocycles. The van der Waals surface area contributed by atoms with E-state index >= 15 is 0 Å². The molecule has 6 nitrogen and oxygen atoms in total. The molecule has 0 N–H and O–H groups in total. The van der Waals surface area contributed by atoms with Gasteiger partial charge in [0.25, 0.3) is 5.69 Å². The topological polar surface area (TPSA) is 72.7 Å². The molecule has 0 saturated heterocycles. The molecule has 2 rings (SSSR count). The monoisotopic (exact) mass is 300 g/mol. The minimum Gasteiger partial charge on any atom is -0.441 e. The molecule has 1 atom stereocenters. The minimum atomic E-state index is -0.722. The van der Waals surface area contributed by atoms with Gasteiger partial charge in [-0.2, -0.15) is 0 Å². The first-order chi connectivity index (χ1) is 10.5. The van der Waals surface area contributed by atoms with Crippen molar-refractivity contribution < 1.29 is 14.5 Å². The van der Waals surface area contributed by atoms with Crippen LogP contribution in [0.1, 0.15) is 18.6 Å². The fourth-order valence-electron chi connectivity index (χ4n) is 2.05. The molecule has 0 radical (unpaired) electrons. The molecule has 0 aliphatic carbocycles. The van der Waals surface area contributed by atoms with Crippen molar-refractivity contribution in [3.8, 4) is 0 Å². The van der Waals surface area contributed by atoms with Crippen molar-refractivity contribution in [2.45, 2.75) is 13.0 Å². The number of hydrogen-bond donors (Lipinski definition) is 0. The van der Waals surface area contributed by atoms with Crippen molar-refractivity contribution in [2.75, 3.05) is 11.9 Å². The molecule has 2 aromatic rings. The maximum atomic E-state index is 12.1. The summed E-state index contributed by atoms with van der Waals surface area (Å²) < 4.78 is 5.33. The smallest absolute Gasteiger partial charge is 0.414 e. The number of rotatable bonds is 4. The van der Waals surface area contributed by atoms with Gasteiger partial charge in [-0.15, -0.1) is 0 Å². The van der Waals surface area contributed by atoms with Crippen LogP contribution in [0.5, 0.6) is 0 Å². The van der Waals surface area contributed by atoms with E-state index in [2.05, 4.69) is 0 Å². The third-order valence-corrected chi connectivity index (χ3v) is 3.27. The second-order valence-electron chi connectivity index (χ2n) is 4.74. The van der Waals surface area contributed by atoms with E-state index in [0.29, 0.717) is 11.3 Å². The minimum absolute atomic E-state index is 0.0647. The van der Waals surface area contributed by atoms with Crippen LogP contribution in [-0.2, 0) is 4.74 Å².